The van der Waals surface area contributed by atoms with Crippen LogP contribution >= 0.6 is 0 Å². The number of hydrogen-bond donors (Lipinski definition) is 3. The number of fused-ring (bicyclic) bond motifs is 5. The zero-order chi connectivity index (χ0) is 41.2. The lowest BCUT2D eigenvalue weighted by molar-refractivity contribution is -0.143. The minimum Gasteiger partial charge on any atom is -0.497 e. The number of alkyl halides is 2. The molecule has 2 aromatic rings. The lowest BCUT2D eigenvalue weighted by Gasteiger charge is -2.36. The van der Waals surface area contributed by atoms with Gasteiger partial charge < -0.3 is 29.7 Å². The molecule has 1 aromatic heterocycles. The van der Waals surface area contributed by atoms with E-state index in [1.807, 2.05) is 4.72 Å². The summed E-state index contributed by atoms with van der Waals surface area (Å²) in [6, 6.07) is 2.69. The van der Waals surface area contributed by atoms with Crippen molar-refractivity contribution in [2.24, 2.45) is 23.2 Å². The topological polar surface area (TPSA) is 195 Å². The van der Waals surface area contributed by atoms with E-state index in [9.17, 15) is 36.4 Å². The van der Waals surface area contributed by atoms with E-state index < -0.39 is 92.4 Å². The van der Waals surface area contributed by atoms with Crippen LogP contribution in [0, 0.1) is 23.2 Å². The fourth-order valence-electron chi connectivity index (χ4n) is 8.07. The molecule has 57 heavy (non-hydrogen) atoms. The van der Waals surface area contributed by atoms with E-state index in [4.69, 9.17) is 24.2 Å². The third kappa shape index (κ3) is 8.06. The summed E-state index contributed by atoms with van der Waals surface area (Å²) in [5, 5.41) is 5.21. The second-order valence-corrected chi connectivity index (χ2v) is 20.0. The van der Waals surface area contributed by atoms with Gasteiger partial charge in [0, 0.05) is 12.0 Å². The Morgan fingerprint density at radius 2 is 1.81 bits per heavy atom. The second kappa shape index (κ2) is 14.8. The molecule has 3 N–H and O–H groups in total. The van der Waals surface area contributed by atoms with E-state index >= 15 is 0 Å². The number of amides is 4. The average molecular weight is 819 g/mol. The van der Waals surface area contributed by atoms with Gasteiger partial charge >= 0.3 is 6.09 Å². The summed E-state index contributed by atoms with van der Waals surface area (Å²) in [5.41, 5.74) is -1.45. The van der Waals surface area contributed by atoms with Crippen molar-refractivity contribution in [1.82, 2.24) is 30.2 Å². The van der Waals surface area contributed by atoms with Crippen LogP contribution in [-0.2, 0) is 35.6 Å². The summed E-state index contributed by atoms with van der Waals surface area (Å²) in [5.74, 6) is -4.42. The lowest BCUT2D eigenvalue weighted by Crippen LogP contribution is -2.61. The zero-order valence-electron chi connectivity index (χ0n) is 33.1. The van der Waals surface area contributed by atoms with Crippen molar-refractivity contribution in [3.8, 4) is 11.6 Å². The molecule has 1 saturated heterocycles. The molecule has 18 heteroatoms. The highest BCUT2D eigenvalue weighted by Gasteiger charge is 2.67. The van der Waals surface area contributed by atoms with E-state index in [0.29, 0.717) is 48.2 Å². The first kappa shape index (κ1) is 40.8. The largest absolute Gasteiger partial charge is 0.497 e. The maximum absolute atomic E-state index is 14.7. The van der Waals surface area contributed by atoms with Crippen molar-refractivity contribution in [1.29, 1.82) is 0 Å². The maximum atomic E-state index is 14.7. The van der Waals surface area contributed by atoms with Crippen molar-refractivity contribution in [2.45, 2.75) is 133 Å². The number of benzene rings is 1. The van der Waals surface area contributed by atoms with Gasteiger partial charge in [-0.05, 0) is 75.3 Å². The van der Waals surface area contributed by atoms with E-state index in [1.165, 1.54) is 18.9 Å². The molecule has 0 radical (unpaired) electrons. The molecule has 4 fully saturated rings. The minimum atomic E-state index is -4.24. The molecule has 312 valence electrons. The van der Waals surface area contributed by atoms with Crippen molar-refractivity contribution in [2.75, 3.05) is 13.7 Å². The summed E-state index contributed by atoms with van der Waals surface area (Å²) in [7, 11) is -2.71. The number of methoxy groups -OCH3 is 1. The van der Waals surface area contributed by atoms with Gasteiger partial charge in [0.2, 0.25) is 34.1 Å². The third-order valence-electron chi connectivity index (χ3n) is 12.4. The summed E-state index contributed by atoms with van der Waals surface area (Å²) < 4.78 is 73.1. The highest BCUT2D eigenvalue weighted by molar-refractivity contribution is 7.91. The number of hydrogen-bond acceptors (Lipinski definition) is 11. The van der Waals surface area contributed by atoms with Gasteiger partial charge in [0.15, 0.2) is 0 Å². The molecule has 8 unspecified atom stereocenters. The number of ether oxygens (including phenoxy) is 3. The van der Waals surface area contributed by atoms with Crippen molar-refractivity contribution in [3.05, 3.63) is 23.9 Å². The number of sulfonamides is 1. The van der Waals surface area contributed by atoms with E-state index in [2.05, 4.69) is 10.6 Å². The van der Waals surface area contributed by atoms with Gasteiger partial charge in [-0.3, -0.25) is 19.1 Å². The summed E-state index contributed by atoms with van der Waals surface area (Å²) in [6.07, 6.45) is -0.296. The van der Waals surface area contributed by atoms with Gasteiger partial charge in [-0.15, -0.1) is 0 Å². The monoisotopic (exact) mass is 818 g/mol. The Hall–Kier alpha value is -4.35. The highest BCUT2D eigenvalue weighted by Crippen LogP contribution is 2.50. The van der Waals surface area contributed by atoms with Crippen LogP contribution in [0.5, 0.6) is 11.6 Å². The van der Waals surface area contributed by atoms with Crippen molar-refractivity contribution < 1.29 is 50.6 Å². The Bertz CT molecular complexity index is 2060. The quantitative estimate of drug-likeness (QED) is 0.365. The van der Waals surface area contributed by atoms with Crippen LogP contribution in [0.3, 0.4) is 0 Å². The molecule has 3 saturated carbocycles. The van der Waals surface area contributed by atoms with Crippen LogP contribution in [0.1, 0.15) is 91.7 Å². The van der Waals surface area contributed by atoms with E-state index in [0.717, 1.165) is 25.7 Å². The van der Waals surface area contributed by atoms with Gasteiger partial charge in [-0.2, -0.15) is 0 Å². The van der Waals surface area contributed by atoms with Gasteiger partial charge in [-0.1, -0.05) is 40.5 Å². The van der Waals surface area contributed by atoms with Crippen LogP contribution < -0.4 is 24.8 Å². The number of aromatic nitrogens is 2. The van der Waals surface area contributed by atoms with Crippen LogP contribution in [0.4, 0.5) is 13.6 Å². The van der Waals surface area contributed by atoms with Crippen LogP contribution in [-0.4, -0.2) is 102 Å². The maximum Gasteiger partial charge on any atom is 0.408 e. The van der Waals surface area contributed by atoms with Crippen molar-refractivity contribution in [3.63, 3.8) is 0 Å². The van der Waals surface area contributed by atoms with Crippen LogP contribution in [0.25, 0.3) is 11.0 Å². The Balaban J connectivity index is 1.25. The fourth-order valence-corrected chi connectivity index (χ4v) is 9.38. The van der Waals surface area contributed by atoms with Gasteiger partial charge in [-0.25, -0.2) is 32.0 Å². The second-order valence-electron chi connectivity index (χ2n) is 17.8. The molecule has 1 aromatic carbocycles. The molecule has 15 nitrogen and oxygen atoms in total. The lowest BCUT2D eigenvalue weighted by atomic mass is 9.85. The number of carbonyl (C=O) groups is 4. The van der Waals surface area contributed by atoms with Crippen LogP contribution in [0.15, 0.2) is 18.2 Å². The van der Waals surface area contributed by atoms with Gasteiger partial charge in [0.05, 0.1) is 35.4 Å². The molecule has 5 aliphatic rings. The Labute approximate surface area is 330 Å². The zero-order valence-corrected chi connectivity index (χ0v) is 33.9. The predicted molar refractivity (Wildman–Crippen MR) is 202 cm³/mol. The fraction of sp³-hybridized carbons (Fsp3) is 0.692. The Morgan fingerprint density at radius 1 is 1.07 bits per heavy atom. The molecular formula is C39H52F2N6O9S. The number of nitrogens with zero attached hydrogens (tertiary/aromatic N) is 3. The van der Waals surface area contributed by atoms with E-state index in [1.54, 1.807) is 45.9 Å². The summed E-state index contributed by atoms with van der Waals surface area (Å²) >= 11 is 0. The molecule has 2 aliphatic heterocycles. The molecule has 7 rings (SSSR count). The molecule has 3 heterocycles. The Morgan fingerprint density at radius 3 is 2.46 bits per heavy atom. The molecular weight excluding hydrogens is 767 g/mol. The smallest absolute Gasteiger partial charge is 0.408 e. The third-order valence-corrected chi connectivity index (χ3v) is 14.6. The van der Waals surface area contributed by atoms with Crippen LogP contribution in [0.2, 0.25) is 0 Å². The first-order chi connectivity index (χ1) is 26.8. The molecule has 8 atom stereocenters. The molecule has 4 amide bonds. The summed E-state index contributed by atoms with van der Waals surface area (Å²) in [4.78, 5) is 67.1. The Kier molecular flexibility index (Phi) is 10.6. The molecule has 3 aliphatic carbocycles. The predicted octanol–water partition coefficient (Wildman–Crippen LogP) is 4.02. The van der Waals surface area contributed by atoms with E-state index in [-0.39, 0.29) is 24.4 Å². The van der Waals surface area contributed by atoms with Gasteiger partial charge in [0.1, 0.15) is 41.3 Å². The first-order valence-corrected chi connectivity index (χ1v) is 21.2. The van der Waals surface area contributed by atoms with Crippen molar-refractivity contribution >= 4 is 44.9 Å². The number of rotatable bonds is 7. The summed E-state index contributed by atoms with van der Waals surface area (Å²) in [6.45, 7) is 8.15. The number of nitrogens with one attached hydrogen (secondary N) is 3. The average Bonchev–Trinajstić information content (AvgIpc) is 4.08. The standard InChI is InChI=1S/C39H52F2N6O9S/c1-20-28-19-47(29(20)32(48)45-39(18-23(39)31(40)41)35(50)46-57(52,53)38(5)14-15-38)34(49)30(37(2,3)4)44-36(51)56-27-16-21(27)10-8-7-9-11-25-33(55-28)43-26-17-22(54-6)12-13-24(26)42-25/h12-13,17,20-21,23,27-31H,7-11,14-16,18-19H2,1-6H3,(H,44,51)(H,45,48)(H,46,50). The number of halogens is 2. The number of alkyl carbamates (subject to hydrolysis) is 1. The molecule has 0 spiro atoms. The molecule has 2 bridgehead atoms. The minimum absolute atomic E-state index is 0.187. The van der Waals surface area contributed by atoms with Gasteiger partial charge in [0.25, 0.3) is 5.91 Å². The number of carbonyl (C=O) groups excluding carboxylic acids is 4. The highest BCUT2D eigenvalue weighted by atomic mass is 32.2. The number of aryl methyl sites for hydroxylation is 1. The SMILES string of the molecule is COc1ccc2nc3c(nc2c1)OC1CN(C(=O)C(C(C)(C)C)NC(=O)OC2CC2CCCCC3)C(C(=O)NC2(C(=O)NS(=O)(=O)C3(C)CC3)CC2C(F)F)C1C. The normalized spacial score (nSPS) is 31.4. The first-order valence-electron chi connectivity index (χ1n) is 19.7.